The van der Waals surface area contributed by atoms with Gasteiger partial charge in [0.25, 0.3) is 5.91 Å². The maximum absolute atomic E-state index is 12.0. The van der Waals surface area contributed by atoms with Gasteiger partial charge in [0.15, 0.2) is 5.16 Å². The molecule has 1 amide bonds. The monoisotopic (exact) mass is 401 g/mol. The molecule has 1 aromatic carbocycles. The van der Waals surface area contributed by atoms with Crippen molar-refractivity contribution in [3.05, 3.63) is 41.2 Å². The predicted molar refractivity (Wildman–Crippen MR) is 115 cm³/mol. The van der Waals surface area contributed by atoms with Gasteiger partial charge in [0, 0.05) is 41.8 Å². The second-order valence-electron chi connectivity index (χ2n) is 6.11. The zero-order chi connectivity index (χ0) is 20.5. The summed E-state index contributed by atoms with van der Waals surface area (Å²) < 4.78 is 5.46. The summed E-state index contributed by atoms with van der Waals surface area (Å²) in [5.41, 5.74) is 6.18. The normalized spacial score (nSPS) is 10.9. The van der Waals surface area contributed by atoms with E-state index in [9.17, 15) is 4.79 Å². The topological polar surface area (TPSA) is 79.7 Å². The molecule has 1 N–H and O–H groups in total. The molecule has 2 aromatic rings. The summed E-state index contributed by atoms with van der Waals surface area (Å²) >= 11 is 1.28. The molecule has 0 saturated carbocycles. The molecule has 0 bridgehead atoms. The SMILES string of the molecule is CCN(CC)c1ccc(/C=N\NC(=O)CSc2nc(C)cc(C)n2)c(OC)c1. The van der Waals surface area contributed by atoms with Gasteiger partial charge in [0.05, 0.1) is 19.1 Å². The Morgan fingerprint density at radius 2 is 1.89 bits per heavy atom. The Balaban J connectivity index is 1.95. The van der Waals surface area contributed by atoms with E-state index in [1.165, 1.54) is 11.8 Å². The smallest absolute Gasteiger partial charge is 0.250 e. The van der Waals surface area contributed by atoms with Crippen molar-refractivity contribution in [3.63, 3.8) is 0 Å². The minimum Gasteiger partial charge on any atom is -0.496 e. The van der Waals surface area contributed by atoms with E-state index in [-0.39, 0.29) is 11.7 Å². The number of hydrogen-bond acceptors (Lipinski definition) is 7. The second-order valence-corrected chi connectivity index (χ2v) is 7.06. The average Bonchev–Trinajstić information content (AvgIpc) is 2.67. The Bertz CT molecular complexity index is 817. The van der Waals surface area contributed by atoms with Crippen LogP contribution >= 0.6 is 11.8 Å². The first-order valence-electron chi connectivity index (χ1n) is 9.16. The van der Waals surface area contributed by atoms with Crippen LogP contribution in [0.15, 0.2) is 34.5 Å². The zero-order valence-electron chi connectivity index (χ0n) is 17.0. The van der Waals surface area contributed by atoms with Gasteiger partial charge in [0.1, 0.15) is 5.75 Å². The molecule has 1 heterocycles. The van der Waals surface area contributed by atoms with Crippen LogP contribution in [-0.2, 0) is 4.79 Å². The van der Waals surface area contributed by atoms with Gasteiger partial charge in [-0.15, -0.1) is 0 Å². The highest BCUT2D eigenvalue weighted by Gasteiger charge is 2.08. The van der Waals surface area contributed by atoms with Gasteiger partial charge in [-0.1, -0.05) is 11.8 Å². The van der Waals surface area contributed by atoms with Gasteiger partial charge in [0.2, 0.25) is 0 Å². The molecule has 0 atom stereocenters. The minimum atomic E-state index is -0.220. The summed E-state index contributed by atoms with van der Waals surface area (Å²) in [6, 6.07) is 7.82. The Morgan fingerprint density at radius 3 is 2.50 bits per heavy atom. The number of nitrogens with one attached hydrogen (secondary N) is 1. The average molecular weight is 402 g/mol. The number of hydrazone groups is 1. The summed E-state index contributed by atoms with van der Waals surface area (Å²) in [5, 5.41) is 4.63. The van der Waals surface area contributed by atoms with Crippen molar-refractivity contribution >= 4 is 29.6 Å². The van der Waals surface area contributed by atoms with Crippen LogP contribution in [-0.4, -0.2) is 48.0 Å². The molecule has 7 nitrogen and oxygen atoms in total. The fourth-order valence-electron chi connectivity index (χ4n) is 2.69. The number of nitrogens with zero attached hydrogens (tertiary/aromatic N) is 4. The number of hydrogen-bond donors (Lipinski definition) is 1. The number of benzene rings is 1. The molecule has 2 rings (SSSR count). The lowest BCUT2D eigenvalue weighted by atomic mass is 10.2. The number of ether oxygens (including phenoxy) is 1. The van der Waals surface area contributed by atoms with Crippen LogP contribution in [0.1, 0.15) is 30.8 Å². The fourth-order valence-corrected chi connectivity index (χ4v) is 3.43. The highest BCUT2D eigenvalue weighted by Crippen LogP contribution is 2.24. The molecule has 0 saturated heterocycles. The summed E-state index contributed by atoms with van der Waals surface area (Å²) in [6.07, 6.45) is 1.58. The van der Waals surface area contributed by atoms with Crippen molar-refractivity contribution in [3.8, 4) is 5.75 Å². The van der Waals surface area contributed by atoms with Crippen LogP contribution in [0.4, 0.5) is 5.69 Å². The third-order valence-electron chi connectivity index (χ3n) is 4.03. The van der Waals surface area contributed by atoms with E-state index < -0.39 is 0 Å². The first-order chi connectivity index (χ1) is 13.5. The molecule has 0 fully saturated rings. The van der Waals surface area contributed by atoms with Crippen molar-refractivity contribution in [2.75, 3.05) is 30.9 Å². The van der Waals surface area contributed by atoms with E-state index >= 15 is 0 Å². The molecule has 150 valence electrons. The third kappa shape index (κ3) is 6.23. The fraction of sp³-hybridized carbons (Fsp3) is 0.400. The molecule has 0 radical (unpaired) electrons. The maximum atomic E-state index is 12.0. The van der Waals surface area contributed by atoms with Crippen LogP contribution in [0.2, 0.25) is 0 Å². The number of aromatic nitrogens is 2. The molecule has 1 aromatic heterocycles. The van der Waals surface area contributed by atoms with Crippen molar-refractivity contribution in [2.24, 2.45) is 5.10 Å². The Hall–Kier alpha value is -2.61. The Kier molecular flexibility index (Phi) is 8.25. The second kappa shape index (κ2) is 10.7. The van der Waals surface area contributed by atoms with Gasteiger partial charge in [-0.3, -0.25) is 4.79 Å². The van der Waals surface area contributed by atoms with Gasteiger partial charge in [-0.25, -0.2) is 15.4 Å². The lowest BCUT2D eigenvalue weighted by Gasteiger charge is -2.21. The first-order valence-corrected chi connectivity index (χ1v) is 10.1. The lowest BCUT2D eigenvalue weighted by Crippen LogP contribution is -2.22. The van der Waals surface area contributed by atoms with Crippen LogP contribution in [0.3, 0.4) is 0 Å². The van der Waals surface area contributed by atoms with Gasteiger partial charge < -0.3 is 9.64 Å². The zero-order valence-corrected chi connectivity index (χ0v) is 17.8. The summed E-state index contributed by atoms with van der Waals surface area (Å²) in [7, 11) is 1.62. The number of aryl methyl sites for hydroxylation is 2. The number of methoxy groups -OCH3 is 1. The molecule has 0 aliphatic carbocycles. The van der Waals surface area contributed by atoms with Crippen LogP contribution < -0.4 is 15.1 Å². The van der Waals surface area contributed by atoms with Gasteiger partial charge >= 0.3 is 0 Å². The van der Waals surface area contributed by atoms with Crippen LogP contribution in [0.25, 0.3) is 0 Å². The van der Waals surface area contributed by atoms with Crippen LogP contribution in [0.5, 0.6) is 5.75 Å². The number of carbonyl (C=O) groups excluding carboxylic acids is 1. The predicted octanol–water partition coefficient (Wildman–Crippen LogP) is 3.19. The number of thioether (sulfide) groups is 1. The maximum Gasteiger partial charge on any atom is 0.250 e. The van der Waals surface area contributed by atoms with Crippen molar-refractivity contribution in [1.29, 1.82) is 0 Å². The summed E-state index contributed by atoms with van der Waals surface area (Å²) in [4.78, 5) is 22.9. The van der Waals surface area contributed by atoms with Gasteiger partial charge in [-0.05, 0) is 45.9 Å². The standard InChI is InChI=1S/C20H27N5O2S/c1-6-25(7-2)17-9-8-16(18(11-17)27-5)12-21-24-19(26)13-28-20-22-14(3)10-15(4)23-20/h8-12H,6-7,13H2,1-5H3,(H,24,26)/b21-12-. The molecular formula is C20H27N5O2S. The molecule has 0 spiro atoms. The van der Waals surface area contributed by atoms with E-state index in [2.05, 4.69) is 39.2 Å². The molecule has 8 heteroatoms. The Labute approximate surface area is 170 Å². The summed E-state index contributed by atoms with van der Waals surface area (Å²) in [6.45, 7) is 9.88. The summed E-state index contributed by atoms with van der Waals surface area (Å²) in [5.74, 6) is 0.682. The van der Waals surface area contributed by atoms with Crippen molar-refractivity contribution in [2.45, 2.75) is 32.9 Å². The van der Waals surface area contributed by atoms with E-state index in [1.807, 2.05) is 38.1 Å². The molecule has 28 heavy (non-hydrogen) atoms. The molecular weight excluding hydrogens is 374 g/mol. The minimum absolute atomic E-state index is 0.193. The quantitative estimate of drug-likeness (QED) is 0.301. The molecule has 0 unspecified atom stereocenters. The van der Waals surface area contributed by atoms with Crippen molar-refractivity contribution < 1.29 is 9.53 Å². The van der Waals surface area contributed by atoms with E-state index in [0.29, 0.717) is 10.9 Å². The number of carbonyl (C=O) groups is 1. The van der Waals surface area contributed by atoms with E-state index in [1.54, 1.807) is 13.3 Å². The molecule has 0 aliphatic rings. The first kappa shape index (κ1) is 21.7. The molecule has 0 aliphatic heterocycles. The highest BCUT2D eigenvalue weighted by atomic mass is 32.2. The van der Waals surface area contributed by atoms with Crippen LogP contribution in [0, 0.1) is 13.8 Å². The van der Waals surface area contributed by atoms with Gasteiger partial charge in [-0.2, -0.15) is 5.10 Å². The number of amides is 1. The highest BCUT2D eigenvalue weighted by molar-refractivity contribution is 7.99. The van der Waals surface area contributed by atoms with E-state index in [0.717, 1.165) is 35.7 Å². The van der Waals surface area contributed by atoms with Crippen molar-refractivity contribution in [1.82, 2.24) is 15.4 Å². The number of rotatable bonds is 9. The lowest BCUT2D eigenvalue weighted by molar-refractivity contribution is -0.118. The number of anilines is 1. The third-order valence-corrected chi connectivity index (χ3v) is 4.88. The van der Waals surface area contributed by atoms with E-state index in [4.69, 9.17) is 4.74 Å². The largest absolute Gasteiger partial charge is 0.496 e. The Morgan fingerprint density at radius 1 is 1.21 bits per heavy atom.